The van der Waals surface area contributed by atoms with Crippen molar-refractivity contribution in [2.24, 2.45) is 0 Å². The Morgan fingerprint density at radius 2 is 1.68 bits per heavy atom. The molecule has 4 N–H and O–H groups in total. The average molecular weight is 276 g/mol. The molecule has 0 aromatic carbocycles. The second-order valence-corrected chi connectivity index (χ2v) is 4.21. The van der Waals surface area contributed by atoms with Gasteiger partial charge in [0, 0.05) is 13.5 Å². The predicted octanol–water partition coefficient (Wildman–Crippen LogP) is -0.00590. The van der Waals surface area contributed by atoms with Crippen molar-refractivity contribution in [3.8, 4) is 0 Å². The fraction of sp³-hybridized carbons (Fsp3) is 0.727. The molecule has 0 aliphatic carbocycles. The third kappa shape index (κ3) is 6.73. The summed E-state index contributed by atoms with van der Waals surface area (Å²) >= 11 is 0. The van der Waals surface area contributed by atoms with Gasteiger partial charge in [0.2, 0.25) is 0 Å². The Kier molecular flexibility index (Phi) is 7.69. The van der Waals surface area contributed by atoms with Crippen LogP contribution >= 0.6 is 0 Å². The number of carbonyl (C=O) groups is 3. The van der Waals surface area contributed by atoms with Crippen LogP contribution in [0.3, 0.4) is 0 Å². The Hall–Kier alpha value is -1.67. The van der Waals surface area contributed by atoms with Crippen molar-refractivity contribution in [3.05, 3.63) is 0 Å². The van der Waals surface area contributed by atoms with Crippen molar-refractivity contribution in [1.29, 1.82) is 0 Å². The van der Waals surface area contributed by atoms with Crippen molar-refractivity contribution in [2.75, 3.05) is 7.05 Å². The van der Waals surface area contributed by atoms with E-state index in [4.69, 9.17) is 15.3 Å². The van der Waals surface area contributed by atoms with Crippen molar-refractivity contribution >= 4 is 17.9 Å². The van der Waals surface area contributed by atoms with E-state index in [1.165, 1.54) is 12.1 Å². The lowest BCUT2D eigenvalue weighted by Crippen LogP contribution is -2.53. The number of hydrazine groups is 1. The molecular weight excluding hydrogens is 256 g/mol. The number of nitrogens with one attached hydrogen (secondary N) is 1. The molecule has 0 saturated heterocycles. The monoisotopic (exact) mass is 276 g/mol. The largest absolute Gasteiger partial charge is 0.481 e. The summed E-state index contributed by atoms with van der Waals surface area (Å²) in [4.78, 5) is 32.4. The van der Waals surface area contributed by atoms with Gasteiger partial charge in [-0.3, -0.25) is 14.4 Å². The van der Waals surface area contributed by atoms with Gasteiger partial charge in [0.1, 0.15) is 12.1 Å². The van der Waals surface area contributed by atoms with Crippen LogP contribution < -0.4 is 5.43 Å². The van der Waals surface area contributed by atoms with Gasteiger partial charge in [-0.1, -0.05) is 13.3 Å². The van der Waals surface area contributed by atoms with Crippen molar-refractivity contribution in [3.63, 3.8) is 0 Å². The number of hydrogen-bond acceptors (Lipinski definition) is 5. The molecule has 19 heavy (non-hydrogen) atoms. The maximum absolute atomic E-state index is 11.0. The maximum atomic E-state index is 11.0. The highest BCUT2D eigenvalue weighted by Gasteiger charge is 2.26. The number of nitrogens with zero attached hydrogens (tertiary/aromatic N) is 1. The summed E-state index contributed by atoms with van der Waals surface area (Å²) < 4.78 is 0. The van der Waals surface area contributed by atoms with Gasteiger partial charge in [-0.25, -0.2) is 10.4 Å². The predicted molar refractivity (Wildman–Crippen MR) is 65.5 cm³/mol. The number of carboxylic acid groups (broad SMARTS) is 3. The van der Waals surface area contributed by atoms with Crippen LogP contribution in [0.15, 0.2) is 0 Å². The molecule has 0 aromatic heterocycles. The molecule has 8 heteroatoms. The molecule has 0 aromatic rings. The van der Waals surface area contributed by atoms with Crippen LogP contribution in [0, 0.1) is 0 Å². The minimum absolute atomic E-state index is 0.118. The second kappa shape index (κ2) is 8.44. The van der Waals surface area contributed by atoms with Gasteiger partial charge in [-0.15, -0.1) is 0 Å². The molecule has 2 atom stereocenters. The molecular formula is C11H20N2O6. The van der Waals surface area contributed by atoms with Crippen LogP contribution in [0.1, 0.15) is 32.6 Å². The Morgan fingerprint density at radius 1 is 1.11 bits per heavy atom. The molecule has 0 amide bonds. The quantitative estimate of drug-likeness (QED) is 0.410. The Bertz CT molecular complexity index is 333. The summed E-state index contributed by atoms with van der Waals surface area (Å²) in [6.07, 6.45) is 0.580. The summed E-state index contributed by atoms with van der Waals surface area (Å²) in [6.45, 7) is 1.82. The third-order valence-electron chi connectivity index (χ3n) is 2.62. The highest BCUT2D eigenvalue weighted by atomic mass is 16.4. The lowest BCUT2D eigenvalue weighted by Gasteiger charge is -2.28. The summed E-state index contributed by atoms with van der Waals surface area (Å²) in [5.41, 5.74) is 2.53. The van der Waals surface area contributed by atoms with Crippen molar-refractivity contribution in [2.45, 2.75) is 44.7 Å². The first kappa shape index (κ1) is 17.3. The minimum atomic E-state index is -1.21. The van der Waals surface area contributed by atoms with Crippen LogP contribution in [0.2, 0.25) is 0 Å². The molecule has 0 bridgehead atoms. The summed E-state index contributed by atoms with van der Waals surface area (Å²) in [5, 5.41) is 27.7. The maximum Gasteiger partial charge on any atom is 0.322 e. The Morgan fingerprint density at radius 3 is 2.05 bits per heavy atom. The lowest BCUT2D eigenvalue weighted by molar-refractivity contribution is -0.149. The highest BCUT2D eigenvalue weighted by Crippen LogP contribution is 2.06. The van der Waals surface area contributed by atoms with E-state index in [1.54, 1.807) is 0 Å². The van der Waals surface area contributed by atoms with Gasteiger partial charge >= 0.3 is 17.9 Å². The number of carboxylic acids is 3. The fourth-order valence-electron chi connectivity index (χ4n) is 1.60. The minimum Gasteiger partial charge on any atom is -0.481 e. The molecule has 0 rings (SSSR count). The van der Waals surface area contributed by atoms with E-state index in [1.807, 2.05) is 6.92 Å². The SMILES string of the molecule is CCC[C@@H](C(=O)O)N(C)NC(CCC(=O)O)C(=O)O. The molecule has 0 spiro atoms. The van der Waals surface area contributed by atoms with Gasteiger partial charge in [0.25, 0.3) is 0 Å². The van der Waals surface area contributed by atoms with Crippen LogP contribution in [0.4, 0.5) is 0 Å². The smallest absolute Gasteiger partial charge is 0.322 e. The summed E-state index contributed by atoms with van der Waals surface area (Å²) in [7, 11) is 1.44. The molecule has 0 aliphatic heterocycles. The van der Waals surface area contributed by atoms with E-state index in [0.29, 0.717) is 12.8 Å². The standard InChI is InChI=1S/C11H20N2O6/c1-3-4-8(11(18)19)13(2)12-7(10(16)17)5-6-9(14)15/h7-8,12H,3-6H2,1-2H3,(H,14,15)(H,16,17)(H,18,19)/t7?,8-/m0/s1. The van der Waals surface area contributed by atoms with Crippen LogP contribution in [0.25, 0.3) is 0 Å². The number of aliphatic carboxylic acids is 3. The zero-order valence-corrected chi connectivity index (χ0v) is 11.0. The van der Waals surface area contributed by atoms with Gasteiger partial charge in [-0.05, 0) is 12.8 Å². The second-order valence-electron chi connectivity index (χ2n) is 4.21. The molecule has 0 heterocycles. The lowest BCUT2D eigenvalue weighted by atomic mass is 10.1. The highest BCUT2D eigenvalue weighted by molar-refractivity contribution is 5.75. The first-order chi connectivity index (χ1) is 8.79. The van der Waals surface area contributed by atoms with E-state index in [-0.39, 0.29) is 12.8 Å². The van der Waals surface area contributed by atoms with Crippen molar-refractivity contribution in [1.82, 2.24) is 10.4 Å². The first-order valence-corrected chi connectivity index (χ1v) is 5.96. The van der Waals surface area contributed by atoms with Crippen LogP contribution in [0.5, 0.6) is 0 Å². The van der Waals surface area contributed by atoms with Gasteiger partial charge in [0.15, 0.2) is 0 Å². The summed E-state index contributed by atoms with van der Waals surface area (Å²) in [6, 6.07) is -1.98. The van der Waals surface area contributed by atoms with E-state index in [9.17, 15) is 14.4 Å². The van der Waals surface area contributed by atoms with Crippen LogP contribution in [-0.4, -0.2) is 57.4 Å². The number of rotatable bonds is 10. The Labute approximate surface area is 111 Å². The fourth-order valence-corrected chi connectivity index (χ4v) is 1.60. The summed E-state index contributed by atoms with van der Waals surface area (Å²) in [5.74, 6) is -3.37. The zero-order valence-electron chi connectivity index (χ0n) is 11.0. The topological polar surface area (TPSA) is 127 Å². The van der Waals surface area contributed by atoms with E-state index in [0.717, 1.165) is 0 Å². The molecule has 0 fully saturated rings. The first-order valence-electron chi connectivity index (χ1n) is 5.96. The van der Waals surface area contributed by atoms with Gasteiger partial charge < -0.3 is 15.3 Å². The third-order valence-corrected chi connectivity index (χ3v) is 2.62. The Balaban J connectivity index is 4.59. The molecule has 0 saturated carbocycles. The van der Waals surface area contributed by atoms with Crippen LogP contribution in [-0.2, 0) is 14.4 Å². The van der Waals surface area contributed by atoms with Gasteiger partial charge in [-0.2, -0.15) is 0 Å². The van der Waals surface area contributed by atoms with E-state index >= 15 is 0 Å². The molecule has 0 aliphatic rings. The average Bonchev–Trinajstić information content (AvgIpc) is 2.29. The van der Waals surface area contributed by atoms with Crippen molar-refractivity contribution < 1.29 is 29.7 Å². The number of likely N-dealkylation sites (N-methyl/N-ethyl adjacent to an activating group) is 1. The molecule has 8 nitrogen and oxygen atoms in total. The van der Waals surface area contributed by atoms with Gasteiger partial charge in [0.05, 0.1) is 0 Å². The number of hydrogen-bond donors (Lipinski definition) is 4. The van der Waals surface area contributed by atoms with E-state index in [2.05, 4.69) is 5.43 Å². The molecule has 0 radical (unpaired) electrons. The zero-order chi connectivity index (χ0) is 15.0. The van der Waals surface area contributed by atoms with E-state index < -0.39 is 30.0 Å². The normalized spacial score (nSPS) is 14.1. The molecule has 1 unspecified atom stereocenters. The molecule has 110 valence electrons.